The second-order valence-electron chi connectivity index (χ2n) is 7.18. The van der Waals surface area contributed by atoms with E-state index in [2.05, 4.69) is 31.8 Å². The van der Waals surface area contributed by atoms with Crippen LogP contribution in [-0.2, 0) is 12.8 Å². The molecule has 0 saturated heterocycles. The van der Waals surface area contributed by atoms with Crippen molar-refractivity contribution >= 4 is 11.9 Å². The first-order chi connectivity index (χ1) is 15.9. The van der Waals surface area contributed by atoms with Gasteiger partial charge in [0.05, 0.1) is 0 Å². The van der Waals surface area contributed by atoms with Gasteiger partial charge in [0.25, 0.3) is 0 Å². The molecule has 0 radical (unpaired) electrons. The summed E-state index contributed by atoms with van der Waals surface area (Å²) in [5, 5.41) is 0. The zero-order chi connectivity index (χ0) is 25.1. The molecule has 0 fully saturated rings. The van der Waals surface area contributed by atoms with Crippen molar-refractivity contribution in [1.29, 1.82) is 0 Å². The van der Waals surface area contributed by atoms with Crippen LogP contribution in [0.5, 0.6) is 0 Å². The van der Waals surface area contributed by atoms with E-state index in [1.165, 1.54) is 17.3 Å². The van der Waals surface area contributed by atoms with Gasteiger partial charge in [0.1, 0.15) is 5.82 Å². The zero-order valence-corrected chi connectivity index (χ0v) is 21.4. The van der Waals surface area contributed by atoms with E-state index in [0.717, 1.165) is 36.0 Å². The molecule has 33 heavy (non-hydrogen) atoms. The molecule has 2 nitrogen and oxygen atoms in total. The van der Waals surface area contributed by atoms with Gasteiger partial charge in [-0.25, -0.2) is 4.39 Å². The van der Waals surface area contributed by atoms with Gasteiger partial charge in [0, 0.05) is 17.5 Å². The third-order valence-corrected chi connectivity index (χ3v) is 4.56. The predicted molar refractivity (Wildman–Crippen MR) is 141 cm³/mol. The number of rotatable bonds is 5. The van der Waals surface area contributed by atoms with Crippen LogP contribution in [-0.4, -0.2) is 10.8 Å². The van der Waals surface area contributed by atoms with Gasteiger partial charge in [-0.3, -0.25) is 9.78 Å². The van der Waals surface area contributed by atoms with Gasteiger partial charge in [-0.05, 0) is 68.5 Å². The number of carbonyl (C=O) groups is 1. The van der Waals surface area contributed by atoms with Crippen LogP contribution < -0.4 is 0 Å². The number of pyridine rings is 1. The van der Waals surface area contributed by atoms with E-state index in [1.807, 2.05) is 75.5 Å². The van der Waals surface area contributed by atoms with Gasteiger partial charge in [0.2, 0.25) is 0 Å². The lowest BCUT2D eigenvalue weighted by atomic mass is 10.1. The van der Waals surface area contributed by atoms with Gasteiger partial charge < -0.3 is 0 Å². The molecule has 3 rings (SSSR count). The monoisotopic (exact) mass is 449 g/mol. The van der Waals surface area contributed by atoms with Crippen LogP contribution in [0.1, 0.15) is 80.7 Å². The summed E-state index contributed by atoms with van der Waals surface area (Å²) in [6, 6.07) is 18.4. The Labute approximate surface area is 200 Å². The molecule has 0 aliphatic rings. The number of hydrogen-bond donors (Lipinski definition) is 0. The molecule has 0 amide bonds. The van der Waals surface area contributed by atoms with Crippen molar-refractivity contribution in [2.75, 3.05) is 0 Å². The van der Waals surface area contributed by atoms with E-state index >= 15 is 0 Å². The highest BCUT2D eigenvalue weighted by atomic mass is 19.1. The van der Waals surface area contributed by atoms with Crippen LogP contribution in [0, 0.1) is 12.7 Å². The molecule has 2 aromatic carbocycles. The number of allylic oxidation sites excluding steroid dienone is 1. The van der Waals surface area contributed by atoms with Crippen LogP contribution in [0.15, 0.2) is 72.9 Å². The topological polar surface area (TPSA) is 30.0 Å². The summed E-state index contributed by atoms with van der Waals surface area (Å²) >= 11 is 0. The molecule has 0 saturated carbocycles. The average Bonchev–Trinajstić information content (AvgIpc) is 2.82. The molecule has 0 aliphatic heterocycles. The molecule has 0 unspecified atom stereocenters. The number of hydrogen-bond acceptors (Lipinski definition) is 2. The predicted octanol–water partition coefficient (Wildman–Crippen LogP) is 8.68. The number of nitrogens with zero attached hydrogens (tertiary/aromatic N) is 1. The summed E-state index contributed by atoms with van der Waals surface area (Å²) in [5.74, 6) is -0.0204. The normalized spacial score (nSPS) is 9.58. The molecule has 0 spiro atoms. The summed E-state index contributed by atoms with van der Waals surface area (Å²) in [6.45, 7) is 13.8. The van der Waals surface area contributed by atoms with E-state index in [4.69, 9.17) is 0 Å². The number of aryl methyl sites for hydroxylation is 3. The van der Waals surface area contributed by atoms with Crippen LogP contribution in [0.25, 0.3) is 6.08 Å². The Morgan fingerprint density at radius 3 is 2.12 bits per heavy atom. The molecule has 1 aromatic heterocycles. The molecule has 3 heteroatoms. The number of aromatic nitrogens is 1. The van der Waals surface area contributed by atoms with E-state index in [-0.39, 0.29) is 11.6 Å². The van der Waals surface area contributed by atoms with Crippen molar-refractivity contribution in [2.24, 2.45) is 0 Å². The Morgan fingerprint density at radius 1 is 1.00 bits per heavy atom. The lowest BCUT2D eigenvalue weighted by Gasteiger charge is -1.97. The maximum atomic E-state index is 12.5. The molecule has 0 bridgehead atoms. The Balaban J connectivity index is 0.000000452. The number of halogens is 1. The Morgan fingerprint density at radius 2 is 1.67 bits per heavy atom. The lowest BCUT2D eigenvalue weighted by Crippen LogP contribution is -1.90. The minimum Gasteiger partial charge on any atom is -0.295 e. The van der Waals surface area contributed by atoms with Gasteiger partial charge in [-0.2, -0.15) is 0 Å². The largest absolute Gasteiger partial charge is 0.295 e. The average molecular weight is 450 g/mol. The summed E-state index contributed by atoms with van der Waals surface area (Å²) in [5.41, 5.74) is 5.48. The number of Topliss-reactive ketones (excluding diaryl/α,β-unsaturated/α-hetero) is 1. The van der Waals surface area contributed by atoms with Crippen molar-refractivity contribution < 1.29 is 9.18 Å². The second-order valence-corrected chi connectivity index (χ2v) is 7.18. The van der Waals surface area contributed by atoms with E-state index in [9.17, 15) is 9.18 Å². The Kier molecular flexibility index (Phi) is 16.8. The SMILES string of the molecule is C/C=C/c1ccc(C(C)=O)cc1.CC.CCCc1cccc(F)c1.CCc1ncccc1C. The second kappa shape index (κ2) is 18.5. The van der Waals surface area contributed by atoms with Crippen LogP contribution in [0.3, 0.4) is 0 Å². The first-order valence-electron chi connectivity index (χ1n) is 11.8. The number of benzene rings is 2. The fourth-order valence-electron chi connectivity index (χ4n) is 2.89. The van der Waals surface area contributed by atoms with Crippen molar-refractivity contribution in [3.63, 3.8) is 0 Å². The molecule has 1 heterocycles. The summed E-state index contributed by atoms with van der Waals surface area (Å²) in [7, 11) is 0. The Hall–Kier alpha value is -3.07. The van der Waals surface area contributed by atoms with Gasteiger partial charge in [0.15, 0.2) is 5.78 Å². The lowest BCUT2D eigenvalue weighted by molar-refractivity contribution is 0.101. The summed E-state index contributed by atoms with van der Waals surface area (Å²) in [6.07, 6.45) is 8.90. The van der Waals surface area contributed by atoms with Crippen molar-refractivity contribution in [2.45, 2.75) is 67.7 Å². The molecular formula is C30H40FNO. The first kappa shape index (κ1) is 29.9. The molecule has 0 aliphatic carbocycles. The highest BCUT2D eigenvalue weighted by Crippen LogP contribution is 2.07. The molecule has 0 atom stereocenters. The number of carbonyl (C=O) groups excluding carboxylic acids is 1. The fourth-order valence-corrected chi connectivity index (χ4v) is 2.89. The van der Waals surface area contributed by atoms with Gasteiger partial charge in [-0.1, -0.05) is 88.7 Å². The third kappa shape index (κ3) is 13.2. The van der Waals surface area contributed by atoms with Gasteiger partial charge >= 0.3 is 0 Å². The van der Waals surface area contributed by atoms with Crippen LogP contribution in [0.4, 0.5) is 4.39 Å². The third-order valence-electron chi connectivity index (χ3n) is 4.56. The van der Waals surface area contributed by atoms with E-state index < -0.39 is 0 Å². The van der Waals surface area contributed by atoms with E-state index in [0.29, 0.717) is 0 Å². The highest BCUT2D eigenvalue weighted by molar-refractivity contribution is 5.94. The Bertz CT molecular complexity index is 946. The standard InChI is InChI=1S/C11H12O.C9H11F.C8H11N.C2H6/c1-3-4-10-5-7-11(8-6-10)9(2)12;1-2-4-8-5-3-6-9(10)7-8;1-3-8-7(2)5-4-6-9-8;1-2/h3-8H,1-2H3;3,5-7H,2,4H2,1H3;4-6H,3H2,1-2H3;1-2H3/b4-3+;;;. The quantitative estimate of drug-likeness (QED) is 0.365. The van der Waals surface area contributed by atoms with Crippen molar-refractivity contribution in [1.82, 2.24) is 4.98 Å². The maximum Gasteiger partial charge on any atom is 0.159 e. The molecular weight excluding hydrogens is 409 g/mol. The van der Waals surface area contributed by atoms with Crippen molar-refractivity contribution in [3.8, 4) is 0 Å². The zero-order valence-electron chi connectivity index (χ0n) is 21.4. The summed E-state index contributed by atoms with van der Waals surface area (Å²) < 4.78 is 12.5. The molecule has 3 aromatic rings. The minimum absolute atomic E-state index is 0.113. The number of ketones is 1. The minimum atomic E-state index is -0.133. The highest BCUT2D eigenvalue weighted by Gasteiger charge is 1.96. The van der Waals surface area contributed by atoms with Crippen molar-refractivity contribution in [3.05, 3.63) is 107 Å². The van der Waals surface area contributed by atoms with Crippen LogP contribution >= 0.6 is 0 Å². The maximum absolute atomic E-state index is 12.5. The first-order valence-corrected chi connectivity index (χ1v) is 11.8. The fraction of sp³-hybridized carbons (Fsp3) is 0.333. The van der Waals surface area contributed by atoms with Gasteiger partial charge in [-0.15, -0.1) is 0 Å². The van der Waals surface area contributed by atoms with E-state index in [1.54, 1.807) is 19.1 Å². The smallest absolute Gasteiger partial charge is 0.159 e. The summed E-state index contributed by atoms with van der Waals surface area (Å²) in [4.78, 5) is 15.1. The van der Waals surface area contributed by atoms with Crippen LogP contribution in [0.2, 0.25) is 0 Å². The molecule has 178 valence electrons. The molecule has 0 N–H and O–H groups in total.